The molecular weight excluding hydrogens is 258 g/mol. The number of rotatable bonds is 3. The van der Waals surface area contributed by atoms with Crippen molar-refractivity contribution in [3.05, 3.63) is 71.4 Å². The van der Waals surface area contributed by atoms with Gasteiger partial charge in [-0.3, -0.25) is 4.98 Å². The Balaban J connectivity index is 1.82. The van der Waals surface area contributed by atoms with Crippen LogP contribution in [0.1, 0.15) is 5.56 Å². The molecule has 0 aliphatic heterocycles. The predicted octanol–water partition coefficient (Wildman–Crippen LogP) is 4.27. The quantitative estimate of drug-likeness (QED) is 0.708. The lowest BCUT2D eigenvalue weighted by atomic mass is 10.2. The van der Waals surface area contributed by atoms with E-state index in [4.69, 9.17) is 16.3 Å². The third-order valence-electron chi connectivity index (χ3n) is 2.85. The van der Waals surface area contributed by atoms with Gasteiger partial charge in [0.15, 0.2) is 0 Å². The maximum Gasteiger partial charge on any atom is 0.122 e. The Morgan fingerprint density at radius 1 is 1.11 bits per heavy atom. The van der Waals surface area contributed by atoms with Crippen LogP contribution in [-0.2, 0) is 6.61 Å². The lowest BCUT2D eigenvalue weighted by molar-refractivity contribution is 0.306. The second-order valence-electron chi connectivity index (χ2n) is 4.17. The predicted molar refractivity (Wildman–Crippen MR) is 76.4 cm³/mol. The summed E-state index contributed by atoms with van der Waals surface area (Å²) in [5, 5.41) is 1.47. The van der Waals surface area contributed by atoms with Crippen molar-refractivity contribution in [1.82, 2.24) is 4.98 Å². The summed E-state index contributed by atoms with van der Waals surface area (Å²) in [7, 11) is 0. The summed E-state index contributed by atoms with van der Waals surface area (Å²) < 4.78 is 5.75. The number of fused-ring (bicyclic) bond motifs is 1. The number of benzene rings is 2. The Morgan fingerprint density at radius 2 is 1.95 bits per heavy atom. The minimum atomic E-state index is 0.541. The molecule has 1 aromatic heterocycles. The number of nitrogens with zero attached hydrogens (tertiary/aromatic N) is 1. The Kier molecular flexibility index (Phi) is 3.34. The minimum absolute atomic E-state index is 0.541. The van der Waals surface area contributed by atoms with E-state index in [0.717, 1.165) is 22.2 Å². The van der Waals surface area contributed by atoms with Gasteiger partial charge in [0.1, 0.15) is 12.4 Å². The molecule has 0 aliphatic rings. The van der Waals surface area contributed by atoms with Crippen molar-refractivity contribution >= 4 is 22.5 Å². The van der Waals surface area contributed by atoms with Crippen LogP contribution in [0.15, 0.2) is 54.7 Å². The molecule has 2 aromatic carbocycles. The van der Waals surface area contributed by atoms with Crippen LogP contribution in [0.5, 0.6) is 5.75 Å². The van der Waals surface area contributed by atoms with E-state index in [2.05, 4.69) is 11.1 Å². The Hall–Kier alpha value is -2.06. The number of aromatic nitrogens is 1. The number of hydrogen-bond donors (Lipinski definition) is 0. The molecule has 0 saturated carbocycles. The van der Waals surface area contributed by atoms with Crippen molar-refractivity contribution in [2.75, 3.05) is 0 Å². The van der Waals surface area contributed by atoms with Crippen molar-refractivity contribution in [2.45, 2.75) is 6.61 Å². The molecule has 3 rings (SSSR count). The summed E-state index contributed by atoms with van der Waals surface area (Å²) in [5.74, 6) is 0.783. The number of halogens is 1. The Morgan fingerprint density at radius 3 is 2.79 bits per heavy atom. The second kappa shape index (κ2) is 5.29. The highest BCUT2D eigenvalue weighted by Crippen LogP contribution is 2.25. The summed E-state index contributed by atoms with van der Waals surface area (Å²) >= 11 is 6.05. The molecule has 1 radical (unpaired) electrons. The van der Waals surface area contributed by atoms with Gasteiger partial charge >= 0.3 is 0 Å². The molecule has 2 nitrogen and oxygen atoms in total. The van der Waals surface area contributed by atoms with Gasteiger partial charge in [0, 0.05) is 23.7 Å². The van der Waals surface area contributed by atoms with Crippen LogP contribution < -0.4 is 4.74 Å². The average molecular weight is 269 g/mol. The van der Waals surface area contributed by atoms with E-state index in [1.807, 2.05) is 48.5 Å². The van der Waals surface area contributed by atoms with Gasteiger partial charge in [-0.25, -0.2) is 0 Å². The fourth-order valence-electron chi connectivity index (χ4n) is 1.87. The normalized spacial score (nSPS) is 10.6. The van der Waals surface area contributed by atoms with Gasteiger partial charge in [0.25, 0.3) is 0 Å². The first-order chi connectivity index (χ1) is 9.33. The van der Waals surface area contributed by atoms with Crippen LogP contribution in [0.25, 0.3) is 10.9 Å². The number of hydrogen-bond acceptors (Lipinski definition) is 2. The molecule has 0 atom stereocenters. The van der Waals surface area contributed by atoms with Crippen molar-refractivity contribution in [1.29, 1.82) is 0 Å². The zero-order chi connectivity index (χ0) is 13.1. The first-order valence-corrected chi connectivity index (χ1v) is 6.33. The molecule has 0 amide bonds. The number of pyridine rings is 1. The molecule has 0 N–H and O–H groups in total. The molecule has 0 spiro atoms. The van der Waals surface area contributed by atoms with E-state index in [-0.39, 0.29) is 0 Å². The molecule has 0 aliphatic carbocycles. The van der Waals surface area contributed by atoms with E-state index in [1.165, 1.54) is 0 Å². The standard InChI is InChI=1S/C16H11ClNO/c17-15-8-9-18-16-10-13(6-7-14(15)16)19-11-12-4-2-1-3-5-12/h1-7,9-10H,11H2. The summed E-state index contributed by atoms with van der Waals surface area (Å²) in [4.78, 5) is 4.24. The maximum absolute atomic E-state index is 6.05. The van der Waals surface area contributed by atoms with Gasteiger partial charge < -0.3 is 4.74 Å². The molecule has 3 aromatic rings. The highest BCUT2D eigenvalue weighted by Gasteiger charge is 2.02. The van der Waals surface area contributed by atoms with E-state index in [0.29, 0.717) is 11.6 Å². The zero-order valence-corrected chi connectivity index (χ0v) is 10.9. The third-order valence-corrected chi connectivity index (χ3v) is 3.16. The van der Waals surface area contributed by atoms with Gasteiger partial charge in [0.05, 0.1) is 10.5 Å². The second-order valence-corrected chi connectivity index (χ2v) is 4.55. The summed E-state index contributed by atoms with van der Waals surface area (Å²) in [5.41, 5.74) is 1.95. The topological polar surface area (TPSA) is 22.1 Å². The van der Waals surface area contributed by atoms with Crippen molar-refractivity contribution in [3.63, 3.8) is 0 Å². The maximum atomic E-state index is 6.05. The molecule has 19 heavy (non-hydrogen) atoms. The smallest absolute Gasteiger partial charge is 0.122 e. The van der Waals surface area contributed by atoms with Gasteiger partial charge in [-0.15, -0.1) is 0 Å². The van der Waals surface area contributed by atoms with E-state index >= 15 is 0 Å². The van der Waals surface area contributed by atoms with Gasteiger partial charge in [0.2, 0.25) is 0 Å². The molecule has 0 fully saturated rings. The lowest BCUT2D eigenvalue weighted by Crippen LogP contribution is -1.95. The van der Waals surface area contributed by atoms with Crippen LogP contribution in [0, 0.1) is 6.07 Å². The zero-order valence-electron chi connectivity index (χ0n) is 10.1. The van der Waals surface area contributed by atoms with Crippen LogP contribution in [0.3, 0.4) is 0 Å². The molecule has 93 valence electrons. The minimum Gasteiger partial charge on any atom is -0.489 e. The largest absolute Gasteiger partial charge is 0.489 e. The SMILES string of the molecule is Clc1[c]cnc2cc(OCc3ccccc3)ccc12. The van der Waals surface area contributed by atoms with Crippen LogP contribution in [0.2, 0.25) is 5.02 Å². The van der Waals surface area contributed by atoms with Crippen molar-refractivity contribution in [3.8, 4) is 5.75 Å². The number of ether oxygens (including phenoxy) is 1. The van der Waals surface area contributed by atoms with Crippen LogP contribution in [-0.4, -0.2) is 4.98 Å². The summed E-state index contributed by atoms with van der Waals surface area (Å²) in [6.45, 7) is 0.541. The molecule has 3 heteroatoms. The fourth-order valence-corrected chi connectivity index (χ4v) is 2.08. The van der Waals surface area contributed by atoms with Gasteiger partial charge in [-0.05, 0) is 17.7 Å². The van der Waals surface area contributed by atoms with Crippen LogP contribution in [0.4, 0.5) is 0 Å². The van der Waals surface area contributed by atoms with Gasteiger partial charge in [-0.2, -0.15) is 0 Å². The molecule has 0 saturated heterocycles. The highest BCUT2D eigenvalue weighted by molar-refractivity contribution is 6.35. The first-order valence-electron chi connectivity index (χ1n) is 5.95. The summed E-state index contributed by atoms with van der Waals surface area (Å²) in [6.07, 6.45) is 1.58. The highest BCUT2D eigenvalue weighted by atomic mass is 35.5. The average Bonchev–Trinajstić information content (AvgIpc) is 2.46. The van der Waals surface area contributed by atoms with E-state index < -0.39 is 0 Å². The van der Waals surface area contributed by atoms with Crippen molar-refractivity contribution < 1.29 is 4.74 Å². The van der Waals surface area contributed by atoms with E-state index in [9.17, 15) is 0 Å². The monoisotopic (exact) mass is 268 g/mol. The van der Waals surface area contributed by atoms with Crippen LogP contribution >= 0.6 is 11.6 Å². The molecule has 0 unspecified atom stereocenters. The third kappa shape index (κ3) is 2.69. The summed E-state index contributed by atoms with van der Waals surface area (Å²) in [6, 6.07) is 18.6. The molecule has 1 heterocycles. The lowest BCUT2D eigenvalue weighted by Gasteiger charge is -2.07. The molecular formula is C16H11ClNO. The molecule has 0 bridgehead atoms. The Labute approximate surface area is 116 Å². The Bertz CT molecular complexity index is 697. The first kappa shape index (κ1) is 12.0. The van der Waals surface area contributed by atoms with E-state index in [1.54, 1.807) is 6.20 Å². The fraction of sp³-hybridized carbons (Fsp3) is 0.0625. The van der Waals surface area contributed by atoms with Gasteiger partial charge in [-0.1, -0.05) is 41.9 Å². The van der Waals surface area contributed by atoms with Crippen molar-refractivity contribution in [2.24, 2.45) is 0 Å².